The normalized spacial score (nSPS) is 11.1. The van der Waals surface area contributed by atoms with Crippen LogP contribution in [-0.2, 0) is 28.6 Å². The molecule has 0 unspecified atom stereocenters. The van der Waals surface area contributed by atoms with E-state index in [-0.39, 0.29) is 38.9 Å². The van der Waals surface area contributed by atoms with Gasteiger partial charge in [0.2, 0.25) is 0 Å². The van der Waals surface area contributed by atoms with Crippen LogP contribution in [0.15, 0.2) is 24.3 Å². The first-order chi connectivity index (χ1) is 16.6. The smallest absolute Gasteiger partial charge is 0.407 e. The van der Waals surface area contributed by atoms with Gasteiger partial charge in [-0.3, -0.25) is 9.63 Å². The van der Waals surface area contributed by atoms with Gasteiger partial charge in [-0.15, -0.1) is 0 Å². The number of esters is 1. The first-order valence-electron chi connectivity index (χ1n) is 11.1. The zero-order chi connectivity index (χ0) is 26.3. The van der Waals surface area contributed by atoms with Gasteiger partial charge in [-0.25, -0.2) is 14.7 Å². The molecule has 0 aliphatic carbocycles. The average Bonchev–Trinajstić information content (AvgIpc) is 2.81. The largest absolute Gasteiger partial charge is 0.493 e. The summed E-state index contributed by atoms with van der Waals surface area (Å²) in [4.78, 5) is 40.7. The van der Waals surface area contributed by atoms with Crippen LogP contribution in [0.5, 0.6) is 11.5 Å². The summed E-state index contributed by atoms with van der Waals surface area (Å²) >= 11 is 0. The highest BCUT2D eigenvalue weighted by Gasteiger charge is 2.16. The van der Waals surface area contributed by atoms with E-state index < -0.39 is 17.7 Å². The first-order valence-corrected chi connectivity index (χ1v) is 11.1. The van der Waals surface area contributed by atoms with Gasteiger partial charge in [0.05, 0.1) is 34.0 Å². The second-order valence-electron chi connectivity index (χ2n) is 8.02. The number of hydroxylamine groups is 2. The molecule has 35 heavy (non-hydrogen) atoms. The van der Waals surface area contributed by atoms with Gasteiger partial charge in [0.25, 0.3) is 5.91 Å². The highest BCUT2D eigenvalue weighted by molar-refractivity contribution is 5.87. The number of rotatable bonds is 14. The molecule has 0 bridgehead atoms. The summed E-state index contributed by atoms with van der Waals surface area (Å²) in [6, 6.07) is 5.02. The summed E-state index contributed by atoms with van der Waals surface area (Å²) in [6.07, 6.45) is 2.35. The van der Waals surface area contributed by atoms with E-state index in [0.717, 1.165) is 0 Å². The quantitative estimate of drug-likeness (QED) is 0.179. The van der Waals surface area contributed by atoms with Gasteiger partial charge in [-0.2, -0.15) is 0 Å². The number of carbonyl (C=O) groups excluding carboxylic acids is 3. The molecule has 0 spiro atoms. The minimum absolute atomic E-state index is 0.149. The molecule has 0 aliphatic rings. The molecule has 0 atom stereocenters. The Morgan fingerprint density at radius 2 is 1.80 bits per heavy atom. The number of hydrogen-bond donors (Lipinski definition) is 1. The maximum atomic E-state index is 12.5. The van der Waals surface area contributed by atoms with Crippen LogP contribution in [0.3, 0.4) is 0 Å². The highest BCUT2D eigenvalue weighted by atomic mass is 16.7. The van der Waals surface area contributed by atoms with Gasteiger partial charge >= 0.3 is 12.1 Å². The molecule has 1 aromatic carbocycles. The molecule has 11 nitrogen and oxygen atoms in total. The minimum Gasteiger partial charge on any atom is -0.493 e. The van der Waals surface area contributed by atoms with Crippen molar-refractivity contribution in [3.8, 4) is 11.5 Å². The number of alkyl carbamates (subject to hydrolysis) is 1. The lowest BCUT2D eigenvalue weighted by Gasteiger charge is -2.21. The van der Waals surface area contributed by atoms with E-state index in [4.69, 9.17) is 23.8 Å². The van der Waals surface area contributed by atoms with Crippen LogP contribution in [0.25, 0.3) is 6.08 Å². The number of likely N-dealkylation sites (N-methyl/N-ethyl adjacent to an activating group) is 1. The third-order valence-electron chi connectivity index (χ3n) is 4.11. The molecule has 0 aromatic heterocycles. The lowest BCUT2D eigenvalue weighted by atomic mass is 10.2. The van der Waals surface area contributed by atoms with Crippen molar-refractivity contribution in [3.05, 3.63) is 29.8 Å². The molecular formula is C24H36N2O9. The van der Waals surface area contributed by atoms with Crippen molar-refractivity contribution >= 4 is 24.0 Å². The molecule has 0 fully saturated rings. The van der Waals surface area contributed by atoms with Crippen molar-refractivity contribution in [1.29, 1.82) is 0 Å². The second-order valence-corrected chi connectivity index (χ2v) is 8.02. The first kappa shape index (κ1) is 29.7. The van der Waals surface area contributed by atoms with Gasteiger partial charge in [-0.05, 0) is 51.5 Å². The monoisotopic (exact) mass is 496 g/mol. The molecule has 1 aromatic rings. The van der Waals surface area contributed by atoms with Crippen LogP contribution in [0.2, 0.25) is 0 Å². The molecule has 2 amide bonds. The summed E-state index contributed by atoms with van der Waals surface area (Å²) in [7, 11) is 2.77. The summed E-state index contributed by atoms with van der Waals surface area (Å²) in [5, 5.41) is 3.77. The molecule has 0 saturated heterocycles. The fourth-order valence-corrected chi connectivity index (χ4v) is 2.54. The Morgan fingerprint density at radius 1 is 1.06 bits per heavy atom. The number of ether oxygens (including phenoxy) is 5. The van der Waals surface area contributed by atoms with Crippen LogP contribution in [0.1, 0.15) is 33.3 Å². The lowest BCUT2D eigenvalue weighted by molar-refractivity contribution is -0.191. The SMILES string of the molecule is CCN(OCCOCCNC(=O)OC(C)(C)C)C(=O)COc1ccc(C=CC(=O)OC)cc1OC. The Hall–Kier alpha value is -3.31. The standard InChI is InChI=1S/C24H36N2O9/c1-7-26(34-15-14-32-13-12-25-23(29)35-24(2,3)4)21(27)17-33-19-10-8-18(16-20(19)30-5)9-11-22(28)31-6/h8-11,16H,7,12-15,17H2,1-6H3,(H,25,29). The van der Waals surface area contributed by atoms with E-state index in [1.54, 1.807) is 52.0 Å². The fourth-order valence-electron chi connectivity index (χ4n) is 2.54. The van der Waals surface area contributed by atoms with Gasteiger partial charge < -0.3 is 29.0 Å². The topological polar surface area (TPSA) is 122 Å². The average molecular weight is 497 g/mol. The maximum Gasteiger partial charge on any atom is 0.407 e. The molecule has 1 N–H and O–H groups in total. The van der Waals surface area contributed by atoms with E-state index in [1.807, 2.05) is 0 Å². The number of methoxy groups -OCH3 is 2. The minimum atomic E-state index is -0.559. The molecule has 0 radical (unpaired) electrons. The third-order valence-corrected chi connectivity index (χ3v) is 4.11. The van der Waals surface area contributed by atoms with E-state index >= 15 is 0 Å². The molecule has 1 rings (SSSR count). The molecular weight excluding hydrogens is 460 g/mol. The number of carbonyl (C=O) groups is 3. The zero-order valence-electron chi connectivity index (χ0n) is 21.3. The lowest BCUT2D eigenvalue weighted by Crippen LogP contribution is -2.36. The van der Waals surface area contributed by atoms with Gasteiger partial charge in [0.15, 0.2) is 18.1 Å². The molecule has 11 heteroatoms. The van der Waals surface area contributed by atoms with Crippen molar-refractivity contribution in [3.63, 3.8) is 0 Å². The summed E-state index contributed by atoms with van der Waals surface area (Å²) < 4.78 is 26.0. The van der Waals surface area contributed by atoms with Crippen LogP contribution >= 0.6 is 0 Å². The number of nitrogens with one attached hydrogen (secondary N) is 1. The molecule has 0 aliphatic heterocycles. The van der Waals surface area contributed by atoms with Crippen molar-refractivity contribution in [2.45, 2.75) is 33.3 Å². The van der Waals surface area contributed by atoms with Crippen molar-refractivity contribution in [1.82, 2.24) is 10.4 Å². The van der Waals surface area contributed by atoms with Crippen LogP contribution < -0.4 is 14.8 Å². The molecule has 0 heterocycles. The predicted octanol–water partition coefficient (Wildman–Crippen LogP) is 2.58. The second kappa shape index (κ2) is 15.6. The van der Waals surface area contributed by atoms with E-state index in [1.165, 1.54) is 25.4 Å². The molecule has 0 saturated carbocycles. The van der Waals surface area contributed by atoms with Gasteiger partial charge in [0.1, 0.15) is 5.60 Å². The van der Waals surface area contributed by atoms with Crippen molar-refractivity contribution < 1.29 is 42.9 Å². The van der Waals surface area contributed by atoms with Crippen molar-refractivity contribution in [2.24, 2.45) is 0 Å². The Balaban J connectivity index is 2.39. The number of hydrogen-bond acceptors (Lipinski definition) is 9. The van der Waals surface area contributed by atoms with Gasteiger partial charge in [-0.1, -0.05) is 6.07 Å². The highest BCUT2D eigenvalue weighted by Crippen LogP contribution is 2.28. The summed E-state index contributed by atoms with van der Waals surface area (Å²) in [5.74, 6) is -0.0802. The van der Waals surface area contributed by atoms with Crippen LogP contribution in [0.4, 0.5) is 4.79 Å². The van der Waals surface area contributed by atoms with E-state index in [9.17, 15) is 14.4 Å². The summed E-state index contributed by atoms with van der Waals surface area (Å²) in [5.41, 5.74) is 0.141. The Morgan fingerprint density at radius 3 is 2.43 bits per heavy atom. The van der Waals surface area contributed by atoms with Crippen molar-refractivity contribution in [2.75, 3.05) is 53.7 Å². The summed E-state index contributed by atoms with van der Waals surface area (Å²) in [6.45, 7) is 8.12. The number of nitrogens with zero attached hydrogens (tertiary/aromatic N) is 1. The molecule has 196 valence electrons. The van der Waals surface area contributed by atoms with Gasteiger partial charge in [0, 0.05) is 19.2 Å². The van der Waals surface area contributed by atoms with Crippen LogP contribution in [-0.4, -0.2) is 82.4 Å². The Kier molecular flexibility index (Phi) is 13.2. The number of amides is 2. The van der Waals surface area contributed by atoms with Crippen LogP contribution in [0, 0.1) is 0 Å². The maximum absolute atomic E-state index is 12.5. The number of benzene rings is 1. The fraction of sp³-hybridized carbons (Fsp3) is 0.542. The zero-order valence-corrected chi connectivity index (χ0v) is 21.3. The Labute approximate surface area is 206 Å². The third kappa shape index (κ3) is 12.6. The van der Waals surface area contributed by atoms with E-state index in [0.29, 0.717) is 23.6 Å². The Bertz CT molecular complexity index is 850. The predicted molar refractivity (Wildman–Crippen MR) is 128 cm³/mol. The van der Waals surface area contributed by atoms with E-state index in [2.05, 4.69) is 10.1 Å².